The third-order valence-corrected chi connectivity index (χ3v) is 3.90. The van der Waals surface area contributed by atoms with Gasteiger partial charge in [-0.3, -0.25) is 0 Å². The van der Waals surface area contributed by atoms with Crippen LogP contribution < -0.4 is 14.8 Å². The van der Waals surface area contributed by atoms with Crippen LogP contribution in [0.4, 0.5) is 10.5 Å². The SMILES string of the molecule is COc1cccc(NC(=O)N2CCC(Oc3cccc(C)n3)C2)c1. The van der Waals surface area contributed by atoms with Crippen molar-refractivity contribution < 1.29 is 14.3 Å². The molecule has 0 saturated carbocycles. The van der Waals surface area contributed by atoms with E-state index in [1.54, 1.807) is 18.1 Å². The van der Waals surface area contributed by atoms with Crippen LogP contribution in [0.2, 0.25) is 0 Å². The van der Waals surface area contributed by atoms with Crippen molar-refractivity contribution in [1.29, 1.82) is 0 Å². The van der Waals surface area contributed by atoms with Gasteiger partial charge in [-0.15, -0.1) is 0 Å². The molecule has 0 aliphatic carbocycles. The second-order valence-corrected chi connectivity index (χ2v) is 5.75. The molecular weight excluding hydrogens is 306 g/mol. The minimum absolute atomic E-state index is 0.0321. The molecule has 3 rings (SSSR count). The van der Waals surface area contributed by atoms with E-state index < -0.39 is 0 Å². The normalized spacial score (nSPS) is 16.8. The number of anilines is 1. The van der Waals surface area contributed by atoms with Gasteiger partial charge in [-0.2, -0.15) is 0 Å². The molecule has 6 heteroatoms. The lowest BCUT2D eigenvalue weighted by Gasteiger charge is -2.18. The number of rotatable bonds is 4. The van der Waals surface area contributed by atoms with Crippen molar-refractivity contribution in [1.82, 2.24) is 9.88 Å². The largest absolute Gasteiger partial charge is 0.497 e. The molecule has 1 fully saturated rings. The molecule has 0 spiro atoms. The maximum atomic E-state index is 12.4. The summed E-state index contributed by atoms with van der Waals surface area (Å²) in [4.78, 5) is 18.5. The van der Waals surface area contributed by atoms with Crippen LogP contribution in [0.5, 0.6) is 11.6 Å². The van der Waals surface area contributed by atoms with Gasteiger partial charge >= 0.3 is 6.03 Å². The topological polar surface area (TPSA) is 63.7 Å². The van der Waals surface area contributed by atoms with E-state index in [-0.39, 0.29) is 12.1 Å². The first-order valence-electron chi connectivity index (χ1n) is 7.94. The standard InChI is InChI=1S/C18H21N3O3/c1-13-5-3-8-17(19-13)24-16-9-10-21(12-16)18(22)20-14-6-4-7-15(11-14)23-2/h3-8,11,16H,9-10,12H2,1-2H3,(H,20,22). The van der Waals surface area contributed by atoms with Crippen molar-refractivity contribution in [2.24, 2.45) is 0 Å². The number of hydrogen-bond donors (Lipinski definition) is 1. The van der Waals surface area contributed by atoms with Crippen molar-refractivity contribution in [3.63, 3.8) is 0 Å². The zero-order valence-electron chi connectivity index (χ0n) is 13.9. The number of likely N-dealkylation sites (tertiary alicyclic amines) is 1. The van der Waals surface area contributed by atoms with Crippen LogP contribution in [0.1, 0.15) is 12.1 Å². The average Bonchev–Trinajstić information content (AvgIpc) is 3.04. The van der Waals surface area contributed by atoms with E-state index in [9.17, 15) is 4.79 Å². The number of nitrogens with zero attached hydrogens (tertiary/aromatic N) is 2. The van der Waals surface area contributed by atoms with Gasteiger partial charge in [0.2, 0.25) is 5.88 Å². The molecule has 2 amide bonds. The fourth-order valence-electron chi connectivity index (χ4n) is 2.67. The van der Waals surface area contributed by atoms with Gasteiger partial charge < -0.3 is 19.7 Å². The highest BCUT2D eigenvalue weighted by Crippen LogP contribution is 2.20. The molecular formula is C18H21N3O3. The molecule has 1 saturated heterocycles. The van der Waals surface area contributed by atoms with Gasteiger partial charge in [-0.1, -0.05) is 12.1 Å². The molecule has 1 aromatic heterocycles. The van der Waals surface area contributed by atoms with E-state index in [1.165, 1.54) is 0 Å². The van der Waals surface area contributed by atoms with Gasteiger partial charge in [-0.25, -0.2) is 9.78 Å². The third kappa shape index (κ3) is 3.95. The number of urea groups is 1. The lowest BCUT2D eigenvalue weighted by molar-refractivity contribution is 0.189. The number of hydrogen-bond acceptors (Lipinski definition) is 4. The molecule has 6 nitrogen and oxygen atoms in total. The Morgan fingerprint density at radius 3 is 2.92 bits per heavy atom. The Hall–Kier alpha value is -2.76. The highest BCUT2D eigenvalue weighted by atomic mass is 16.5. The molecule has 126 valence electrons. The fraction of sp³-hybridized carbons (Fsp3) is 0.333. The number of aryl methyl sites for hydroxylation is 1. The summed E-state index contributed by atoms with van der Waals surface area (Å²) < 4.78 is 11.0. The first-order chi connectivity index (χ1) is 11.6. The van der Waals surface area contributed by atoms with E-state index in [0.717, 1.165) is 12.1 Å². The molecule has 0 bridgehead atoms. The summed E-state index contributed by atoms with van der Waals surface area (Å²) in [5.41, 5.74) is 1.63. The average molecular weight is 327 g/mol. The van der Waals surface area contributed by atoms with E-state index in [0.29, 0.717) is 30.4 Å². The number of amides is 2. The van der Waals surface area contributed by atoms with Crippen molar-refractivity contribution in [3.05, 3.63) is 48.2 Å². The number of pyridine rings is 1. The number of carbonyl (C=O) groups is 1. The number of nitrogens with one attached hydrogen (secondary N) is 1. The highest BCUT2D eigenvalue weighted by molar-refractivity contribution is 5.89. The Morgan fingerprint density at radius 1 is 1.29 bits per heavy atom. The minimum Gasteiger partial charge on any atom is -0.497 e. The van der Waals surface area contributed by atoms with Crippen LogP contribution in [0.15, 0.2) is 42.5 Å². The summed E-state index contributed by atoms with van der Waals surface area (Å²) in [6, 6.07) is 12.9. The van der Waals surface area contributed by atoms with Gasteiger partial charge in [0.15, 0.2) is 0 Å². The van der Waals surface area contributed by atoms with Crippen molar-refractivity contribution in [2.45, 2.75) is 19.4 Å². The molecule has 0 radical (unpaired) electrons. The van der Waals surface area contributed by atoms with Crippen LogP contribution in [-0.4, -0.2) is 42.2 Å². The molecule has 1 atom stereocenters. The van der Waals surface area contributed by atoms with Crippen LogP contribution in [0.25, 0.3) is 0 Å². The van der Waals surface area contributed by atoms with Crippen LogP contribution in [-0.2, 0) is 0 Å². The van der Waals surface area contributed by atoms with Gasteiger partial charge in [0.25, 0.3) is 0 Å². The zero-order chi connectivity index (χ0) is 16.9. The van der Waals surface area contributed by atoms with Gasteiger partial charge in [0.1, 0.15) is 11.9 Å². The monoisotopic (exact) mass is 327 g/mol. The summed E-state index contributed by atoms with van der Waals surface area (Å²) in [5.74, 6) is 1.32. The fourth-order valence-corrected chi connectivity index (χ4v) is 2.67. The number of methoxy groups -OCH3 is 1. The van der Waals surface area contributed by atoms with Crippen molar-refractivity contribution in [2.75, 3.05) is 25.5 Å². The van der Waals surface area contributed by atoms with Crippen LogP contribution in [0, 0.1) is 6.92 Å². The van der Waals surface area contributed by atoms with Gasteiger partial charge in [-0.05, 0) is 25.1 Å². The molecule has 1 aliphatic rings. The first kappa shape index (κ1) is 16.1. The van der Waals surface area contributed by atoms with Crippen LogP contribution in [0.3, 0.4) is 0 Å². The smallest absolute Gasteiger partial charge is 0.321 e. The zero-order valence-corrected chi connectivity index (χ0v) is 13.9. The van der Waals surface area contributed by atoms with Gasteiger partial charge in [0.05, 0.1) is 13.7 Å². The van der Waals surface area contributed by atoms with E-state index in [4.69, 9.17) is 9.47 Å². The summed E-state index contributed by atoms with van der Waals surface area (Å²) in [5, 5.41) is 2.89. The highest BCUT2D eigenvalue weighted by Gasteiger charge is 2.28. The molecule has 24 heavy (non-hydrogen) atoms. The second kappa shape index (κ2) is 7.21. The minimum atomic E-state index is -0.133. The Bertz CT molecular complexity index is 720. The maximum Gasteiger partial charge on any atom is 0.321 e. The summed E-state index contributed by atoms with van der Waals surface area (Å²) in [6.45, 7) is 3.13. The molecule has 1 aromatic carbocycles. The van der Waals surface area contributed by atoms with E-state index in [1.807, 2.05) is 43.3 Å². The lowest BCUT2D eigenvalue weighted by atomic mass is 10.3. The van der Waals surface area contributed by atoms with E-state index in [2.05, 4.69) is 10.3 Å². The summed E-state index contributed by atoms with van der Waals surface area (Å²) in [7, 11) is 1.60. The number of ether oxygens (including phenoxy) is 2. The molecule has 1 N–H and O–H groups in total. The first-order valence-corrected chi connectivity index (χ1v) is 7.94. The predicted molar refractivity (Wildman–Crippen MR) is 91.6 cm³/mol. The summed E-state index contributed by atoms with van der Waals surface area (Å²) >= 11 is 0. The van der Waals surface area contributed by atoms with E-state index >= 15 is 0 Å². The van der Waals surface area contributed by atoms with Gasteiger partial charge in [0, 0.05) is 36.5 Å². The number of benzene rings is 1. The Kier molecular flexibility index (Phi) is 4.84. The Labute approximate surface area is 141 Å². The predicted octanol–water partition coefficient (Wildman–Crippen LogP) is 3.08. The Morgan fingerprint density at radius 2 is 2.12 bits per heavy atom. The van der Waals surface area contributed by atoms with Crippen molar-refractivity contribution >= 4 is 11.7 Å². The third-order valence-electron chi connectivity index (χ3n) is 3.90. The van der Waals surface area contributed by atoms with Crippen molar-refractivity contribution in [3.8, 4) is 11.6 Å². The quantitative estimate of drug-likeness (QED) is 0.937. The molecule has 2 heterocycles. The number of aromatic nitrogens is 1. The second-order valence-electron chi connectivity index (χ2n) is 5.75. The molecule has 2 aromatic rings. The lowest BCUT2D eigenvalue weighted by Crippen LogP contribution is -2.34. The van der Waals surface area contributed by atoms with Crippen LogP contribution >= 0.6 is 0 Å². The molecule has 1 aliphatic heterocycles. The number of carbonyl (C=O) groups excluding carboxylic acids is 1. The Balaban J connectivity index is 1.55. The summed E-state index contributed by atoms with van der Waals surface area (Å²) in [6.07, 6.45) is 0.761. The maximum absolute atomic E-state index is 12.4. The molecule has 1 unspecified atom stereocenters.